The molecule has 0 aliphatic heterocycles. The van der Waals surface area contributed by atoms with Crippen LogP contribution in [0.5, 0.6) is 0 Å². The van der Waals surface area contributed by atoms with Gasteiger partial charge in [-0.05, 0) is 18.6 Å². The Morgan fingerprint density at radius 2 is 2.29 bits per heavy atom. The van der Waals surface area contributed by atoms with Crippen molar-refractivity contribution in [2.24, 2.45) is 0 Å². The lowest BCUT2D eigenvalue weighted by molar-refractivity contribution is 0.0959. The minimum absolute atomic E-state index is 0.0620. The zero-order valence-electron chi connectivity index (χ0n) is 11.5. The second kappa shape index (κ2) is 6.55. The Hall–Kier alpha value is -2.12. The highest BCUT2D eigenvalue weighted by Crippen LogP contribution is 2.27. The Balaban J connectivity index is 2.38. The van der Waals surface area contributed by atoms with Gasteiger partial charge in [-0.25, -0.2) is 4.98 Å². The van der Waals surface area contributed by atoms with Crippen molar-refractivity contribution in [3.63, 3.8) is 0 Å². The number of carbonyl (C=O) groups excluding carboxylic acids is 1. The Kier molecular flexibility index (Phi) is 4.77. The number of aromatic nitrogens is 3. The standard InChI is InChI=1S/C13H16ClN5O2/c1-16-13(21)11-9(15)3-4-10(18-11)8-7-17-19(12(8)14)5-2-6-20/h3-4,7,20H,2,5-6,15H2,1H3,(H,16,21). The SMILES string of the molecule is CNC(=O)c1nc(-c2cnn(CCCO)c2Cl)ccc1N. The Bertz CT molecular complexity index is 656. The van der Waals surface area contributed by atoms with Crippen molar-refractivity contribution in [3.05, 3.63) is 29.2 Å². The van der Waals surface area contributed by atoms with Crippen LogP contribution in [0.15, 0.2) is 18.3 Å². The van der Waals surface area contributed by atoms with Crippen molar-refractivity contribution in [2.45, 2.75) is 13.0 Å². The Labute approximate surface area is 126 Å². The number of rotatable bonds is 5. The first-order valence-electron chi connectivity index (χ1n) is 6.39. The van der Waals surface area contributed by atoms with Crippen molar-refractivity contribution in [1.29, 1.82) is 0 Å². The molecule has 0 atom stereocenters. The van der Waals surface area contributed by atoms with E-state index >= 15 is 0 Å². The van der Waals surface area contributed by atoms with Gasteiger partial charge >= 0.3 is 0 Å². The van der Waals surface area contributed by atoms with E-state index in [4.69, 9.17) is 22.4 Å². The van der Waals surface area contributed by atoms with Crippen LogP contribution in [0.2, 0.25) is 5.15 Å². The third kappa shape index (κ3) is 3.14. The normalized spacial score (nSPS) is 10.6. The van der Waals surface area contributed by atoms with E-state index in [9.17, 15) is 4.79 Å². The zero-order chi connectivity index (χ0) is 15.4. The van der Waals surface area contributed by atoms with E-state index in [-0.39, 0.29) is 18.2 Å². The highest BCUT2D eigenvalue weighted by atomic mass is 35.5. The lowest BCUT2D eigenvalue weighted by Crippen LogP contribution is -2.21. The summed E-state index contributed by atoms with van der Waals surface area (Å²) in [6, 6.07) is 3.29. The van der Waals surface area contributed by atoms with Crippen LogP contribution in [0.25, 0.3) is 11.3 Å². The summed E-state index contributed by atoms with van der Waals surface area (Å²) in [7, 11) is 1.51. The highest BCUT2D eigenvalue weighted by molar-refractivity contribution is 6.32. The molecule has 0 unspecified atom stereocenters. The molecule has 7 nitrogen and oxygen atoms in total. The Morgan fingerprint density at radius 3 is 2.95 bits per heavy atom. The molecular formula is C13H16ClN5O2. The number of nitrogens with zero attached hydrogens (tertiary/aromatic N) is 3. The predicted octanol–water partition coefficient (Wildman–Crippen LogP) is 0.923. The van der Waals surface area contributed by atoms with Crippen molar-refractivity contribution in [2.75, 3.05) is 19.4 Å². The molecule has 2 rings (SSSR count). The first-order valence-corrected chi connectivity index (χ1v) is 6.77. The monoisotopic (exact) mass is 309 g/mol. The molecular weight excluding hydrogens is 294 g/mol. The Morgan fingerprint density at radius 1 is 1.52 bits per heavy atom. The second-order valence-electron chi connectivity index (χ2n) is 4.36. The molecule has 21 heavy (non-hydrogen) atoms. The average Bonchev–Trinajstić information content (AvgIpc) is 2.86. The molecule has 0 aliphatic carbocycles. The summed E-state index contributed by atoms with van der Waals surface area (Å²) in [4.78, 5) is 16.0. The van der Waals surface area contributed by atoms with Crippen LogP contribution in [-0.2, 0) is 6.54 Å². The van der Waals surface area contributed by atoms with Crippen LogP contribution in [0.1, 0.15) is 16.9 Å². The molecule has 0 bridgehead atoms. The predicted molar refractivity (Wildman–Crippen MR) is 80.0 cm³/mol. The summed E-state index contributed by atoms with van der Waals surface area (Å²) >= 11 is 6.25. The van der Waals surface area contributed by atoms with Gasteiger partial charge in [-0.2, -0.15) is 5.10 Å². The number of aliphatic hydroxyl groups excluding tert-OH is 1. The van der Waals surface area contributed by atoms with Crippen LogP contribution >= 0.6 is 11.6 Å². The van der Waals surface area contributed by atoms with Gasteiger partial charge in [0.15, 0.2) is 5.69 Å². The summed E-state index contributed by atoms with van der Waals surface area (Å²) in [5, 5.41) is 15.9. The number of amides is 1. The van der Waals surface area contributed by atoms with Crippen LogP contribution in [-0.4, -0.2) is 39.4 Å². The van der Waals surface area contributed by atoms with Gasteiger partial charge in [0.25, 0.3) is 5.91 Å². The number of pyridine rings is 1. The number of nitrogens with one attached hydrogen (secondary N) is 1. The first-order chi connectivity index (χ1) is 10.1. The van der Waals surface area contributed by atoms with Crippen molar-refractivity contribution in [3.8, 4) is 11.3 Å². The van der Waals surface area contributed by atoms with Gasteiger partial charge in [0.1, 0.15) is 5.15 Å². The number of nitrogens with two attached hydrogens (primary N) is 1. The molecule has 1 amide bonds. The van der Waals surface area contributed by atoms with Crippen molar-refractivity contribution >= 4 is 23.2 Å². The molecule has 2 aromatic heterocycles. The van der Waals surface area contributed by atoms with Crippen molar-refractivity contribution < 1.29 is 9.90 Å². The molecule has 8 heteroatoms. The van der Waals surface area contributed by atoms with Gasteiger partial charge in [-0.1, -0.05) is 11.6 Å². The third-order valence-electron chi connectivity index (χ3n) is 2.95. The van der Waals surface area contributed by atoms with E-state index < -0.39 is 0 Å². The molecule has 0 aromatic carbocycles. The number of halogens is 1. The number of hydrogen-bond donors (Lipinski definition) is 3. The topological polar surface area (TPSA) is 106 Å². The summed E-state index contributed by atoms with van der Waals surface area (Å²) < 4.78 is 1.57. The van der Waals surface area contributed by atoms with Gasteiger partial charge in [0, 0.05) is 20.2 Å². The summed E-state index contributed by atoms with van der Waals surface area (Å²) in [5.41, 5.74) is 7.32. The van der Waals surface area contributed by atoms with Crippen LogP contribution in [0, 0.1) is 0 Å². The summed E-state index contributed by atoms with van der Waals surface area (Å²) in [6.45, 7) is 0.569. The minimum Gasteiger partial charge on any atom is -0.397 e. The average molecular weight is 310 g/mol. The van der Waals surface area contributed by atoms with Crippen molar-refractivity contribution in [1.82, 2.24) is 20.1 Å². The molecule has 0 aliphatic rings. The molecule has 0 spiro atoms. The maximum Gasteiger partial charge on any atom is 0.271 e. The van der Waals surface area contributed by atoms with E-state index in [1.54, 1.807) is 23.0 Å². The van der Waals surface area contributed by atoms with Crippen LogP contribution in [0.3, 0.4) is 0 Å². The molecule has 0 radical (unpaired) electrons. The molecule has 4 N–H and O–H groups in total. The zero-order valence-corrected chi connectivity index (χ0v) is 12.3. The van der Waals surface area contributed by atoms with E-state index in [0.29, 0.717) is 35.1 Å². The van der Waals surface area contributed by atoms with Gasteiger partial charge in [-0.3, -0.25) is 9.48 Å². The maximum absolute atomic E-state index is 11.7. The molecule has 0 fully saturated rings. The van der Waals surface area contributed by atoms with E-state index in [2.05, 4.69) is 15.4 Å². The lowest BCUT2D eigenvalue weighted by Gasteiger charge is -2.06. The number of aliphatic hydroxyl groups is 1. The van der Waals surface area contributed by atoms with Gasteiger partial charge in [0.05, 0.1) is 23.1 Å². The third-order valence-corrected chi connectivity index (χ3v) is 3.35. The van der Waals surface area contributed by atoms with Crippen LogP contribution < -0.4 is 11.1 Å². The second-order valence-corrected chi connectivity index (χ2v) is 4.72. The van der Waals surface area contributed by atoms with Gasteiger partial charge < -0.3 is 16.2 Å². The van der Waals surface area contributed by atoms with E-state index in [1.807, 2.05) is 0 Å². The maximum atomic E-state index is 11.7. The number of anilines is 1. The first kappa shape index (κ1) is 15.3. The summed E-state index contributed by atoms with van der Waals surface area (Å²) in [5.74, 6) is -0.363. The quantitative estimate of drug-likeness (QED) is 0.761. The molecule has 0 saturated carbocycles. The number of carbonyl (C=O) groups is 1. The van der Waals surface area contributed by atoms with E-state index in [0.717, 1.165) is 0 Å². The molecule has 112 valence electrons. The minimum atomic E-state index is -0.363. The lowest BCUT2D eigenvalue weighted by atomic mass is 10.2. The fourth-order valence-electron chi connectivity index (χ4n) is 1.84. The van der Waals surface area contributed by atoms with Gasteiger partial charge in [-0.15, -0.1) is 0 Å². The fraction of sp³-hybridized carbons (Fsp3) is 0.308. The summed E-state index contributed by atoms with van der Waals surface area (Å²) in [6.07, 6.45) is 2.13. The smallest absolute Gasteiger partial charge is 0.271 e. The van der Waals surface area contributed by atoms with E-state index in [1.165, 1.54) is 7.05 Å². The largest absolute Gasteiger partial charge is 0.397 e. The molecule has 0 saturated heterocycles. The molecule has 2 aromatic rings. The number of hydrogen-bond acceptors (Lipinski definition) is 5. The number of aryl methyl sites for hydroxylation is 1. The molecule has 2 heterocycles. The fourth-order valence-corrected chi connectivity index (χ4v) is 2.11. The van der Waals surface area contributed by atoms with Gasteiger partial charge in [0.2, 0.25) is 0 Å². The number of nitrogen functional groups attached to an aromatic ring is 1. The van der Waals surface area contributed by atoms with Crippen LogP contribution in [0.4, 0.5) is 5.69 Å². The highest BCUT2D eigenvalue weighted by Gasteiger charge is 2.16.